The van der Waals surface area contributed by atoms with Gasteiger partial charge in [0.05, 0.1) is 0 Å². The van der Waals surface area contributed by atoms with E-state index in [0.717, 1.165) is 16.6 Å². The lowest BCUT2D eigenvalue weighted by atomic mass is 10.2. The van der Waals surface area contributed by atoms with E-state index >= 15 is 0 Å². The van der Waals surface area contributed by atoms with Gasteiger partial charge in [-0.25, -0.2) is 8.78 Å². The molecule has 0 radical (unpaired) electrons. The lowest BCUT2D eigenvalue weighted by Crippen LogP contribution is -2.42. The molecule has 8 heteroatoms. The van der Waals surface area contributed by atoms with E-state index in [1.165, 1.54) is 12.1 Å². The van der Waals surface area contributed by atoms with Crippen LogP contribution in [0.5, 0.6) is 0 Å². The smallest absolute Gasteiger partial charge is 0.267 e. The Hall–Kier alpha value is -1.80. The molecular weight excluding hydrogens is 426 g/mol. The summed E-state index contributed by atoms with van der Waals surface area (Å²) < 4.78 is 28.2. The van der Waals surface area contributed by atoms with E-state index in [1.807, 2.05) is 5.43 Å². The number of halogens is 4. The number of hydrazine groups is 1. The number of carbonyl (C=O) groups is 2. The van der Waals surface area contributed by atoms with Crippen molar-refractivity contribution < 1.29 is 18.4 Å². The maximum Gasteiger partial charge on any atom is 0.275 e. The first-order chi connectivity index (χ1) is 10.4. The van der Waals surface area contributed by atoms with Crippen LogP contribution < -0.4 is 10.9 Å². The van der Waals surface area contributed by atoms with Crippen molar-refractivity contribution in [3.05, 3.63) is 68.1 Å². The molecule has 0 fully saturated rings. The molecule has 2 aromatic carbocycles. The molecule has 0 saturated heterocycles. The first kappa shape index (κ1) is 16.6. The average molecular weight is 434 g/mol. The Kier molecular flexibility index (Phi) is 5.25. The molecule has 2 aromatic rings. The molecular formula is C14H8Br2F2N2O2. The Bertz CT molecular complexity index is 713. The molecule has 0 aliphatic heterocycles. The highest BCUT2D eigenvalue weighted by atomic mass is 79.9. The maximum absolute atomic E-state index is 13.6. The molecule has 0 aliphatic carbocycles. The number of hydrogen-bond acceptors (Lipinski definition) is 2. The van der Waals surface area contributed by atoms with E-state index in [0.29, 0.717) is 0 Å². The minimum Gasteiger partial charge on any atom is -0.267 e. The lowest BCUT2D eigenvalue weighted by molar-refractivity contribution is 0.0841. The summed E-state index contributed by atoms with van der Waals surface area (Å²) in [4.78, 5) is 23.5. The summed E-state index contributed by atoms with van der Waals surface area (Å²) in [5.74, 6) is -3.78. The summed E-state index contributed by atoms with van der Waals surface area (Å²) in [7, 11) is 0. The highest BCUT2D eigenvalue weighted by Crippen LogP contribution is 2.19. The van der Waals surface area contributed by atoms with Gasteiger partial charge in [0.1, 0.15) is 17.2 Å². The number of amides is 2. The Labute approximate surface area is 141 Å². The van der Waals surface area contributed by atoms with Crippen molar-refractivity contribution >= 4 is 43.7 Å². The Morgan fingerprint density at radius 3 is 1.86 bits per heavy atom. The normalized spacial score (nSPS) is 10.2. The molecule has 4 nitrogen and oxygen atoms in total. The van der Waals surface area contributed by atoms with Crippen LogP contribution >= 0.6 is 31.9 Å². The fraction of sp³-hybridized carbons (Fsp3) is 0. The summed E-state index contributed by atoms with van der Waals surface area (Å²) in [5, 5.41) is 0. The van der Waals surface area contributed by atoms with Crippen LogP contribution in [0.15, 0.2) is 45.3 Å². The van der Waals surface area contributed by atoms with Gasteiger partial charge >= 0.3 is 0 Å². The molecule has 2 rings (SSSR count). The van der Waals surface area contributed by atoms with Crippen molar-refractivity contribution in [1.29, 1.82) is 0 Å². The fourth-order valence-corrected chi connectivity index (χ4v) is 2.27. The molecule has 114 valence electrons. The van der Waals surface area contributed by atoms with Crippen LogP contribution in [0.1, 0.15) is 20.7 Å². The molecule has 0 bridgehead atoms. The van der Waals surface area contributed by atoms with Crippen molar-refractivity contribution in [2.75, 3.05) is 0 Å². The highest BCUT2D eigenvalue weighted by molar-refractivity contribution is 9.10. The number of nitrogens with one attached hydrogen (secondary N) is 2. The fourth-order valence-electron chi connectivity index (χ4n) is 1.61. The summed E-state index contributed by atoms with van der Waals surface area (Å²) in [5.41, 5.74) is 3.55. The summed E-state index contributed by atoms with van der Waals surface area (Å²) in [6, 6.07) is 8.23. The third-order valence-electron chi connectivity index (χ3n) is 2.63. The van der Waals surface area contributed by atoms with Gasteiger partial charge in [-0.05, 0) is 36.4 Å². The average Bonchev–Trinajstić information content (AvgIpc) is 2.44. The maximum atomic E-state index is 13.6. The Morgan fingerprint density at radius 2 is 1.32 bits per heavy atom. The van der Waals surface area contributed by atoms with E-state index in [1.54, 1.807) is 12.1 Å². The van der Waals surface area contributed by atoms with Gasteiger partial charge in [-0.15, -0.1) is 0 Å². The molecule has 0 heterocycles. The molecule has 0 aliphatic rings. The predicted octanol–water partition coefficient (Wildman–Crippen LogP) is 3.56. The van der Waals surface area contributed by atoms with Gasteiger partial charge in [-0.1, -0.05) is 31.9 Å². The monoisotopic (exact) mass is 432 g/mol. The standard InChI is InChI=1S/C14H8Br2F2N2O2/c15-8-3-1-7(2-4-8)13(21)19-20-14(22)12-10(17)5-9(16)6-11(12)18/h1-6H,(H,19,21)(H,20,22). The molecule has 0 aromatic heterocycles. The highest BCUT2D eigenvalue weighted by Gasteiger charge is 2.19. The first-order valence-corrected chi connectivity index (χ1v) is 7.48. The van der Waals surface area contributed by atoms with E-state index in [9.17, 15) is 18.4 Å². The molecule has 2 amide bonds. The molecule has 0 spiro atoms. The van der Waals surface area contributed by atoms with E-state index in [4.69, 9.17) is 0 Å². The topological polar surface area (TPSA) is 58.2 Å². The largest absolute Gasteiger partial charge is 0.275 e. The zero-order valence-electron chi connectivity index (χ0n) is 10.8. The second-order valence-electron chi connectivity index (χ2n) is 4.16. The van der Waals surface area contributed by atoms with Gasteiger partial charge in [0.2, 0.25) is 0 Å². The van der Waals surface area contributed by atoms with Crippen molar-refractivity contribution in [2.24, 2.45) is 0 Å². The van der Waals surface area contributed by atoms with E-state index in [-0.39, 0.29) is 10.0 Å². The molecule has 0 saturated carbocycles. The van der Waals surface area contributed by atoms with Gasteiger partial charge in [0, 0.05) is 14.5 Å². The molecule has 2 N–H and O–H groups in total. The van der Waals surface area contributed by atoms with Crippen molar-refractivity contribution in [3.63, 3.8) is 0 Å². The zero-order chi connectivity index (χ0) is 16.3. The second-order valence-corrected chi connectivity index (χ2v) is 5.99. The molecule has 0 atom stereocenters. The van der Waals surface area contributed by atoms with Gasteiger partial charge in [-0.2, -0.15) is 0 Å². The predicted molar refractivity (Wildman–Crippen MR) is 83.1 cm³/mol. The van der Waals surface area contributed by atoms with Crippen molar-refractivity contribution in [1.82, 2.24) is 10.9 Å². The minimum atomic E-state index is -1.09. The summed E-state index contributed by atoms with van der Waals surface area (Å²) in [6.45, 7) is 0. The van der Waals surface area contributed by atoms with Crippen LogP contribution in [0.25, 0.3) is 0 Å². The van der Waals surface area contributed by atoms with Gasteiger partial charge in [-0.3, -0.25) is 20.4 Å². The summed E-state index contributed by atoms with van der Waals surface area (Å²) in [6.07, 6.45) is 0. The van der Waals surface area contributed by atoms with Crippen molar-refractivity contribution in [2.45, 2.75) is 0 Å². The van der Waals surface area contributed by atoms with Gasteiger partial charge in [0.15, 0.2) is 0 Å². The van der Waals surface area contributed by atoms with Crippen LogP contribution in [-0.2, 0) is 0 Å². The van der Waals surface area contributed by atoms with E-state index < -0.39 is 29.0 Å². The van der Waals surface area contributed by atoms with Crippen LogP contribution in [0.4, 0.5) is 8.78 Å². The third kappa shape index (κ3) is 3.89. The van der Waals surface area contributed by atoms with E-state index in [2.05, 4.69) is 37.3 Å². The van der Waals surface area contributed by atoms with Crippen molar-refractivity contribution in [3.8, 4) is 0 Å². The second kappa shape index (κ2) is 6.97. The van der Waals surface area contributed by atoms with Crippen LogP contribution in [0.2, 0.25) is 0 Å². The quantitative estimate of drug-likeness (QED) is 0.711. The van der Waals surface area contributed by atoms with Crippen LogP contribution in [0.3, 0.4) is 0 Å². The Balaban J connectivity index is 2.07. The summed E-state index contributed by atoms with van der Waals surface area (Å²) >= 11 is 6.13. The number of hydrogen-bond donors (Lipinski definition) is 2. The van der Waals surface area contributed by atoms with Crippen LogP contribution in [0, 0.1) is 11.6 Å². The van der Waals surface area contributed by atoms with Crippen LogP contribution in [-0.4, -0.2) is 11.8 Å². The Morgan fingerprint density at radius 1 is 0.818 bits per heavy atom. The minimum absolute atomic E-state index is 0.165. The molecule has 0 unspecified atom stereocenters. The lowest BCUT2D eigenvalue weighted by Gasteiger charge is -2.09. The number of carbonyl (C=O) groups excluding carboxylic acids is 2. The SMILES string of the molecule is O=C(NNC(=O)c1c(F)cc(Br)cc1F)c1ccc(Br)cc1. The number of rotatable bonds is 2. The molecule has 22 heavy (non-hydrogen) atoms. The van der Waals surface area contributed by atoms with Gasteiger partial charge in [0.25, 0.3) is 11.8 Å². The zero-order valence-corrected chi connectivity index (χ0v) is 14.0. The van der Waals surface area contributed by atoms with Gasteiger partial charge < -0.3 is 0 Å². The number of benzene rings is 2. The third-order valence-corrected chi connectivity index (χ3v) is 3.62. The first-order valence-electron chi connectivity index (χ1n) is 5.89.